The van der Waals surface area contributed by atoms with Crippen molar-refractivity contribution >= 4 is 56.7 Å². The van der Waals surface area contributed by atoms with E-state index in [1.165, 1.54) is 0 Å². The molecule has 6 nitrogen and oxygen atoms in total. The molecule has 130 valence electrons. The molecule has 0 aliphatic carbocycles. The number of benzene rings is 2. The Kier molecular flexibility index (Phi) is 7.17. The van der Waals surface area contributed by atoms with Gasteiger partial charge < -0.3 is 4.74 Å². The summed E-state index contributed by atoms with van der Waals surface area (Å²) in [7, 11) is 0. The highest BCUT2D eigenvalue weighted by Crippen LogP contribution is 2.27. The molecule has 0 fully saturated rings. The van der Waals surface area contributed by atoms with Crippen LogP contribution in [0.2, 0.25) is 5.02 Å². The van der Waals surface area contributed by atoms with Gasteiger partial charge in [0.05, 0.1) is 5.02 Å². The third-order valence-electron chi connectivity index (χ3n) is 2.83. The fourth-order valence-corrected chi connectivity index (χ4v) is 2.60. The van der Waals surface area contributed by atoms with E-state index < -0.39 is 5.91 Å². The number of carbonyl (C=O) groups is 2. The summed E-state index contributed by atoms with van der Waals surface area (Å²) in [4.78, 5) is 23.6. The van der Waals surface area contributed by atoms with E-state index in [0.29, 0.717) is 16.3 Å². The zero-order valence-corrected chi connectivity index (χ0v) is 15.9. The van der Waals surface area contributed by atoms with Crippen molar-refractivity contribution in [3.8, 4) is 5.75 Å². The van der Waals surface area contributed by atoms with Crippen LogP contribution in [0.4, 0.5) is 0 Å². The fourth-order valence-electron chi connectivity index (χ4n) is 1.70. The monoisotopic (exact) mass is 441 g/mol. The molecule has 0 saturated heterocycles. The van der Waals surface area contributed by atoms with Crippen molar-refractivity contribution in [2.75, 3.05) is 6.61 Å². The minimum Gasteiger partial charge on any atom is -0.482 e. The topological polar surface area (TPSA) is 79.5 Å². The molecule has 0 aromatic heterocycles. The smallest absolute Gasteiger partial charge is 0.269 e. The van der Waals surface area contributed by atoms with Crippen LogP contribution >= 0.6 is 39.7 Å². The van der Waals surface area contributed by atoms with Gasteiger partial charge in [0, 0.05) is 10.0 Å². The van der Waals surface area contributed by atoms with E-state index in [4.69, 9.17) is 28.6 Å². The molecule has 2 rings (SSSR count). The third-order valence-corrected chi connectivity index (χ3v) is 3.82. The molecular formula is C16H13BrClN3O3S. The second kappa shape index (κ2) is 9.36. The molecule has 0 atom stereocenters. The van der Waals surface area contributed by atoms with Crippen LogP contribution in [0.1, 0.15) is 10.4 Å². The highest BCUT2D eigenvalue weighted by molar-refractivity contribution is 9.10. The molecule has 0 heterocycles. The zero-order chi connectivity index (χ0) is 18.2. The molecule has 0 aliphatic heterocycles. The normalized spacial score (nSPS) is 9.84. The van der Waals surface area contributed by atoms with Crippen LogP contribution in [0.25, 0.3) is 0 Å². The van der Waals surface area contributed by atoms with Gasteiger partial charge in [0.25, 0.3) is 11.8 Å². The first-order chi connectivity index (χ1) is 12.0. The Morgan fingerprint density at radius 3 is 2.52 bits per heavy atom. The van der Waals surface area contributed by atoms with Crippen LogP contribution in [0.15, 0.2) is 53.0 Å². The zero-order valence-electron chi connectivity index (χ0n) is 12.7. The second-order valence-corrected chi connectivity index (χ2v) is 6.42. The first-order valence-corrected chi connectivity index (χ1v) is 8.56. The van der Waals surface area contributed by atoms with Gasteiger partial charge in [-0.2, -0.15) is 0 Å². The summed E-state index contributed by atoms with van der Waals surface area (Å²) >= 11 is 14.2. The third kappa shape index (κ3) is 6.33. The molecule has 2 aromatic rings. The number of amides is 2. The van der Waals surface area contributed by atoms with Gasteiger partial charge in [-0.25, -0.2) is 0 Å². The van der Waals surface area contributed by atoms with Crippen LogP contribution in [0, 0.1) is 0 Å². The summed E-state index contributed by atoms with van der Waals surface area (Å²) in [5.41, 5.74) is 5.28. The van der Waals surface area contributed by atoms with E-state index in [0.717, 1.165) is 4.47 Å². The van der Waals surface area contributed by atoms with Crippen molar-refractivity contribution in [3.63, 3.8) is 0 Å². The number of halogens is 2. The minimum absolute atomic E-state index is 0.0558. The van der Waals surface area contributed by atoms with Crippen molar-refractivity contribution in [1.29, 1.82) is 0 Å². The maximum absolute atomic E-state index is 11.8. The molecule has 3 N–H and O–H groups in total. The van der Waals surface area contributed by atoms with E-state index in [-0.39, 0.29) is 17.6 Å². The number of hydrogen-bond acceptors (Lipinski definition) is 4. The van der Waals surface area contributed by atoms with Gasteiger partial charge in [0.2, 0.25) is 0 Å². The average Bonchev–Trinajstić information content (AvgIpc) is 2.59. The Morgan fingerprint density at radius 1 is 1.12 bits per heavy atom. The molecule has 0 unspecified atom stereocenters. The molecule has 0 bridgehead atoms. The minimum atomic E-state index is -0.495. The molecule has 9 heteroatoms. The maximum atomic E-state index is 11.8. The van der Waals surface area contributed by atoms with E-state index in [1.807, 2.05) is 0 Å². The van der Waals surface area contributed by atoms with Crippen molar-refractivity contribution < 1.29 is 14.3 Å². The summed E-state index contributed by atoms with van der Waals surface area (Å²) in [5, 5.41) is 2.69. The van der Waals surface area contributed by atoms with Crippen molar-refractivity contribution in [3.05, 3.63) is 63.6 Å². The van der Waals surface area contributed by atoms with Crippen LogP contribution in [0.5, 0.6) is 5.75 Å². The first kappa shape index (κ1) is 19.2. The van der Waals surface area contributed by atoms with E-state index in [9.17, 15) is 9.59 Å². The molecular weight excluding hydrogens is 430 g/mol. The van der Waals surface area contributed by atoms with Gasteiger partial charge in [-0.1, -0.05) is 45.7 Å². The highest BCUT2D eigenvalue weighted by atomic mass is 79.9. The Hall–Kier alpha value is -2.16. The largest absolute Gasteiger partial charge is 0.482 e. The average molecular weight is 443 g/mol. The van der Waals surface area contributed by atoms with Gasteiger partial charge in [0.1, 0.15) is 5.75 Å². The number of thiocarbonyl (C=S) groups is 1. The predicted octanol–water partition coefficient (Wildman–Crippen LogP) is 2.82. The van der Waals surface area contributed by atoms with E-state index >= 15 is 0 Å². The lowest BCUT2D eigenvalue weighted by Crippen LogP contribution is -2.49. The summed E-state index contributed by atoms with van der Waals surface area (Å²) in [5.74, 6) is -0.503. The molecule has 2 aromatic carbocycles. The number of ether oxygens (including phenoxy) is 1. The van der Waals surface area contributed by atoms with Gasteiger partial charge in [-0.05, 0) is 42.5 Å². The van der Waals surface area contributed by atoms with Crippen LogP contribution < -0.4 is 20.9 Å². The van der Waals surface area contributed by atoms with Crippen molar-refractivity contribution in [2.45, 2.75) is 0 Å². The van der Waals surface area contributed by atoms with Gasteiger partial charge in [-0.15, -0.1) is 0 Å². The Bertz CT molecular complexity index is 789. The van der Waals surface area contributed by atoms with Gasteiger partial charge in [-0.3, -0.25) is 25.8 Å². The molecule has 0 radical (unpaired) electrons. The summed E-state index contributed by atoms with van der Waals surface area (Å²) in [6, 6.07) is 13.6. The molecule has 0 aliphatic rings. The molecule has 0 saturated carbocycles. The van der Waals surface area contributed by atoms with Crippen LogP contribution in [0.3, 0.4) is 0 Å². The Balaban J connectivity index is 1.74. The number of rotatable bonds is 4. The highest BCUT2D eigenvalue weighted by Gasteiger charge is 2.09. The first-order valence-electron chi connectivity index (χ1n) is 6.99. The lowest BCUT2D eigenvalue weighted by atomic mass is 10.2. The van der Waals surface area contributed by atoms with E-state index in [2.05, 4.69) is 32.1 Å². The SMILES string of the molecule is O=C(COc1ccc(Br)cc1Cl)NC(=S)NNC(=O)c1ccccc1. The lowest BCUT2D eigenvalue weighted by Gasteiger charge is -2.12. The van der Waals surface area contributed by atoms with Crippen LogP contribution in [-0.4, -0.2) is 23.5 Å². The molecule has 25 heavy (non-hydrogen) atoms. The number of hydrogen-bond donors (Lipinski definition) is 3. The fraction of sp³-hybridized carbons (Fsp3) is 0.0625. The van der Waals surface area contributed by atoms with Crippen molar-refractivity contribution in [1.82, 2.24) is 16.2 Å². The summed E-state index contributed by atoms with van der Waals surface area (Å²) in [6.07, 6.45) is 0. The molecule has 2 amide bonds. The number of carbonyl (C=O) groups excluding carboxylic acids is 2. The summed E-state index contributed by atoms with van der Waals surface area (Å²) in [6.45, 7) is -0.282. The number of nitrogens with one attached hydrogen (secondary N) is 3. The predicted molar refractivity (Wildman–Crippen MR) is 102 cm³/mol. The second-order valence-electron chi connectivity index (χ2n) is 4.69. The Morgan fingerprint density at radius 2 is 1.84 bits per heavy atom. The molecule has 0 spiro atoms. The summed E-state index contributed by atoms with van der Waals surface area (Å²) < 4.78 is 6.11. The van der Waals surface area contributed by atoms with Crippen LogP contribution in [-0.2, 0) is 4.79 Å². The van der Waals surface area contributed by atoms with Gasteiger partial charge in [0.15, 0.2) is 11.7 Å². The quantitative estimate of drug-likeness (QED) is 0.501. The Labute approximate surface area is 163 Å². The van der Waals surface area contributed by atoms with E-state index in [1.54, 1.807) is 48.5 Å². The van der Waals surface area contributed by atoms with Crippen molar-refractivity contribution in [2.24, 2.45) is 0 Å². The number of hydrazine groups is 1. The van der Waals surface area contributed by atoms with Gasteiger partial charge >= 0.3 is 0 Å². The standard InChI is InChI=1S/C16H13BrClN3O3S/c17-11-6-7-13(12(18)8-11)24-9-14(22)19-16(25)21-20-15(23)10-4-2-1-3-5-10/h1-8H,9H2,(H,20,23)(H2,19,21,22,25). The maximum Gasteiger partial charge on any atom is 0.269 e. The lowest BCUT2D eigenvalue weighted by molar-refractivity contribution is -0.121.